The van der Waals surface area contributed by atoms with Crippen molar-refractivity contribution in [3.63, 3.8) is 0 Å². The van der Waals surface area contributed by atoms with Gasteiger partial charge in [0, 0.05) is 0 Å². The molecular weight excluding hydrogens is 204 g/mol. The number of carbonyl (C=O) groups excluding carboxylic acids is 1. The highest BCUT2D eigenvalue weighted by atomic mass is 16.5. The van der Waals surface area contributed by atoms with Crippen molar-refractivity contribution in [3.05, 3.63) is 35.9 Å². The molecule has 3 heteroatoms. The minimum atomic E-state index is -1.09. The molecule has 0 aliphatic carbocycles. The van der Waals surface area contributed by atoms with Crippen molar-refractivity contribution >= 4 is 5.97 Å². The number of ether oxygens (including phenoxy) is 1. The molecule has 16 heavy (non-hydrogen) atoms. The van der Waals surface area contributed by atoms with Crippen molar-refractivity contribution < 1.29 is 14.6 Å². The van der Waals surface area contributed by atoms with E-state index in [9.17, 15) is 9.90 Å². The second-order valence-corrected chi connectivity index (χ2v) is 4.86. The molecule has 88 valence electrons. The highest BCUT2D eigenvalue weighted by molar-refractivity contribution is 5.75. The average Bonchev–Trinajstić information content (AvgIpc) is 2.25. The summed E-state index contributed by atoms with van der Waals surface area (Å²) in [5.74, 6) is -0.573. The van der Waals surface area contributed by atoms with Gasteiger partial charge in [-0.1, -0.05) is 51.1 Å². The van der Waals surface area contributed by atoms with Gasteiger partial charge in [0.05, 0.1) is 0 Å². The zero-order valence-corrected chi connectivity index (χ0v) is 9.93. The van der Waals surface area contributed by atoms with Gasteiger partial charge in [-0.25, -0.2) is 4.79 Å². The maximum atomic E-state index is 11.5. The number of benzene rings is 1. The van der Waals surface area contributed by atoms with E-state index in [1.807, 2.05) is 30.3 Å². The van der Waals surface area contributed by atoms with E-state index >= 15 is 0 Å². The number of hydrogen-bond donors (Lipinski definition) is 1. The standard InChI is InChI=1S/C13H18O3/c1-13(2,3)11(14)12(15)16-9-10-7-5-4-6-8-10/h4-8,11,14H,9H2,1-3H3/t11-/m1/s1. The Hall–Kier alpha value is -1.35. The van der Waals surface area contributed by atoms with Crippen LogP contribution in [-0.4, -0.2) is 17.2 Å². The lowest BCUT2D eigenvalue weighted by Gasteiger charge is -2.23. The van der Waals surface area contributed by atoms with Gasteiger partial charge < -0.3 is 9.84 Å². The fourth-order valence-corrected chi connectivity index (χ4v) is 1.16. The van der Waals surface area contributed by atoms with Crippen molar-refractivity contribution in [1.82, 2.24) is 0 Å². The van der Waals surface area contributed by atoms with Crippen LogP contribution < -0.4 is 0 Å². The quantitative estimate of drug-likeness (QED) is 0.797. The number of hydrogen-bond acceptors (Lipinski definition) is 3. The van der Waals surface area contributed by atoms with E-state index in [0.29, 0.717) is 0 Å². The van der Waals surface area contributed by atoms with Gasteiger partial charge in [0.25, 0.3) is 0 Å². The Balaban J connectivity index is 2.48. The normalized spacial score (nSPS) is 13.2. The van der Waals surface area contributed by atoms with Crippen molar-refractivity contribution in [2.75, 3.05) is 0 Å². The lowest BCUT2D eigenvalue weighted by molar-refractivity contribution is -0.160. The van der Waals surface area contributed by atoms with Gasteiger partial charge in [-0.05, 0) is 11.0 Å². The molecule has 0 saturated heterocycles. The van der Waals surface area contributed by atoms with Crippen LogP contribution >= 0.6 is 0 Å². The predicted octanol–water partition coefficient (Wildman–Crippen LogP) is 2.14. The maximum Gasteiger partial charge on any atom is 0.335 e. The minimum Gasteiger partial charge on any atom is -0.459 e. The summed E-state index contributed by atoms with van der Waals surface area (Å²) >= 11 is 0. The van der Waals surface area contributed by atoms with Crippen LogP contribution in [0.5, 0.6) is 0 Å². The Bertz CT molecular complexity index is 338. The lowest BCUT2D eigenvalue weighted by atomic mass is 9.89. The van der Waals surface area contributed by atoms with Gasteiger partial charge in [0.2, 0.25) is 0 Å². The fraction of sp³-hybridized carbons (Fsp3) is 0.462. The summed E-state index contributed by atoms with van der Waals surface area (Å²) in [5.41, 5.74) is 0.422. The van der Waals surface area contributed by atoms with E-state index in [2.05, 4.69) is 0 Å². The molecule has 1 atom stereocenters. The van der Waals surface area contributed by atoms with Crippen LogP contribution in [0, 0.1) is 5.41 Å². The van der Waals surface area contributed by atoms with Gasteiger partial charge in [-0.2, -0.15) is 0 Å². The fourth-order valence-electron chi connectivity index (χ4n) is 1.16. The Kier molecular flexibility index (Phi) is 4.07. The number of rotatable bonds is 3. The number of aliphatic hydroxyl groups excluding tert-OH is 1. The average molecular weight is 222 g/mol. The van der Waals surface area contributed by atoms with Crippen molar-refractivity contribution in [1.29, 1.82) is 0 Å². The second-order valence-electron chi connectivity index (χ2n) is 4.86. The van der Waals surface area contributed by atoms with Gasteiger partial charge in [-0.15, -0.1) is 0 Å². The predicted molar refractivity (Wildman–Crippen MR) is 61.7 cm³/mol. The van der Waals surface area contributed by atoms with E-state index in [1.165, 1.54) is 0 Å². The summed E-state index contributed by atoms with van der Waals surface area (Å²) in [6, 6.07) is 9.40. The smallest absolute Gasteiger partial charge is 0.335 e. The molecule has 0 aliphatic rings. The third-order valence-corrected chi connectivity index (χ3v) is 2.27. The molecule has 0 aliphatic heterocycles. The molecule has 0 radical (unpaired) electrons. The third-order valence-electron chi connectivity index (χ3n) is 2.27. The maximum absolute atomic E-state index is 11.5. The topological polar surface area (TPSA) is 46.5 Å². The van der Waals surface area contributed by atoms with Crippen LogP contribution in [-0.2, 0) is 16.1 Å². The van der Waals surface area contributed by atoms with Gasteiger partial charge in [0.1, 0.15) is 6.61 Å². The Morgan fingerprint density at radius 1 is 1.31 bits per heavy atom. The monoisotopic (exact) mass is 222 g/mol. The van der Waals surface area contributed by atoms with Crippen molar-refractivity contribution in [3.8, 4) is 0 Å². The highest BCUT2D eigenvalue weighted by Crippen LogP contribution is 2.20. The summed E-state index contributed by atoms with van der Waals surface area (Å²) in [7, 11) is 0. The van der Waals surface area contributed by atoms with E-state index in [4.69, 9.17) is 4.74 Å². The van der Waals surface area contributed by atoms with E-state index < -0.39 is 17.5 Å². The molecule has 0 unspecified atom stereocenters. The van der Waals surface area contributed by atoms with Crippen LogP contribution in [0.3, 0.4) is 0 Å². The number of aliphatic hydroxyl groups is 1. The molecule has 1 N–H and O–H groups in total. The molecule has 0 aromatic heterocycles. The van der Waals surface area contributed by atoms with Gasteiger partial charge >= 0.3 is 5.97 Å². The van der Waals surface area contributed by atoms with Crippen LogP contribution in [0.4, 0.5) is 0 Å². The molecule has 0 spiro atoms. The molecule has 1 aromatic rings. The minimum absolute atomic E-state index is 0.201. The summed E-state index contributed by atoms with van der Waals surface area (Å²) < 4.78 is 5.03. The van der Waals surface area contributed by atoms with Crippen LogP contribution in [0.2, 0.25) is 0 Å². The molecule has 0 amide bonds. The summed E-state index contributed by atoms with van der Waals surface area (Å²) in [6.45, 7) is 5.58. The molecule has 0 heterocycles. The first-order valence-corrected chi connectivity index (χ1v) is 5.30. The molecule has 1 aromatic carbocycles. The third kappa shape index (κ3) is 3.66. The van der Waals surface area contributed by atoms with E-state index in [0.717, 1.165) is 5.56 Å². The Labute approximate surface area is 96.1 Å². The largest absolute Gasteiger partial charge is 0.459 e. The van der Waals surface area contributed by atoms with Crippen molar-refractivity contribution in [2.24, 2.45) is 5.41 Å². The van der Waals surface area contributed by atoms with Gasteiger partial charge in [0.15, 0.2) is 6.10 Å². The first-order chi connectivity index (χ1) is 7.41. The molecule has 1 rings (SSSR count). The zero-order valence-electron chi connectivity index (χ0n) is 9.93. The first kappa shape index (κ1) is 12.7. The lowest BCUT2D eigenvalue weighted by Crippen LogP contribution is -2.35. The molecule has 0 fully saturated rings. The molecule has 0 saturated carbocycles. The molecular formula is C13H18O3. The van der Waals surface area contributed by atoms with Crippen molar-refractivity contribution in [2.45, 2.75) is 33.5 Å². The van der Waals surface area contributed by atoms with Gasteiger partial charge in [-0.3, -0.25) is 0 Å². The van der Waals surface area contributed by atoms with Crippen LogP contribution in [0.25, 0.3) is 0 Å². The van der Waals surface area contributed by atoms with Crippen LogP contribution in [0.1, 0.15) is 26.3 Å². The Morgan fingerprint density at radius 3 is 2.38 bits per heavy atom. The Morgan fingerprint density at radius 2 is 1.88 bits per heavy atom. The molecule has 3 nitrogen and oxygen atoms in total. The number of carbonyl (C=O) groups is 1. The second kappa shape index (κ2) is 5.12. The van der Waals surface area contributed by atoms with E-state index in [1.54, 1.807) is 20.8 Å². The van der Waals surface area contributed by atoms with Crippen LogP contribution in [0.15, 0.2) is 30.3 Å². The summed E-state index contributed by atoms with van der Waals surface area (Å²) in [6.07, 6.45) is -1.09. The molecule has 0 bridgehead atoms. The summed E-state index contributed by atoms with van der Waals surface area (Å²) in [4.78, 5) is 11.5. The SMILES string of the molecule is CC(C)(C)[C@H](O)C(=O)OCc1ccccc1. The first-order valence-electron chi connectivity index (χ1n) is 5.30. The highest BCUT2D eigenvalue weighted by Gasteiger charge is 2.30. The van der Waals surface area contributed by atoms with E-state index in [-0.39, 0.29) is 6.61 Å². The zero-order chi connectivity index (χ0) is 12.2. The number of esters is 1. The summed E-state index contributed by atoms with van der Waals surface area (Å²) in [5, 5.41) is 9.66.